The monoisotopic (exact) mass is 209 g/mol. The number of hydrogen-bond acceptors (Lipinski definition) is 3. The lowest BCUT2D eigenvalue weighted by Crippen LogP contribution is -1.96. The normalized spacial score (nSPS) is 9.73. The molecule has 1 aromatic rings. The van der Waals surface area contributed by atoms with E-state index in [0.717, 1.165) is 0 Å². The lowest BCUT2D eigenvalue weighted by Gasteiger charge is -2.10. The highest BCUT2D eigenvalue weighted by molar-refractivity contribution is 5.49. The lowest BCUT2D eigenvalue weighted by molar-refractivity contribution is 0.353. The van der Waals surface area contributed by atoms with Crippen molar-refractivity contribution in [2.24, 2.45) is 0 Å². The molecular weight excluding hydrogens is 197 g/mol. The molecule has 1 rings (SSSR count). The third-order valence-electron chi connectivity index (χ3n) is 2.16. The first-order valence-electron chi connectivity index (χ1n) is 4.53. The maximum absolute atomic E-state index is 13.5. The van der Waals surface area contributed by atoms with Crippen LogP contribution in [-0.4, -0.2) is 12.2 Å². The predicted molar refractivity (Wildman–Crippen MR) is 53.3 cm³/mol. The van der Waals surface area contributed by atoms with Crippen molar-refractivity contribution in [3.05, 3.63) is 23.0 Å². The summed E-state index contributed by atoms with van der Waals surface area (Å²) in [5.41, 5.74) is 0.997. The second-order valence-corrected chi connectivity index (χ2v) is 3.21. The molecule has 0 aromatic heterocycles. The number of nitriles is 1. The molecule has 0 unspecified atom stereocenters. The van der Waals surface area contributed by atoms with Crippen LogP contribution in [0.25, 0.3) is 0 Å². The van der Waals surface area contributed by atoms with Gasteiger partial charge in [0.05, 0.1) is 13.2 Å². The van der Waals surface area contributed by atoms with Gasteiger partial charge in [-0.1, -0.05) is 0 Å². The van der Waals surface area contributed by atoms with Gasteiger partial charge in [0, 0.05) is 6.42 Å². The predicted octanol–water partition coefficient (Wildman–Crippen LogP) is 2.30. The summed E-state index contributed by atoms with van der Waals surface area (Å²) in [5.74, 6) is -1.04. The Morgan fingerprint density at radius 3 is 2.80 bits per heavy atom. The zero-order valence-electron chi connectivity index (χ0n) is 8.67. The Morgan fingerprint density at radius 2 is 2.27 bits per heavy atom. The SMILES string of the molecule is COc1c(C)cc(CCC#N)c(F)c1O. The summed E-state index contributed by atoms with van der Waals surface area (Å²) in [6, 6.07) is 3.52. The molecule has 4 heteroatoms. The number of rotatable bonds is 3. The molecule has 0 atom stereocenters. The molecule has 0 spiro atoms. The van der Waals surface area contributed by atoms with Gasteiger partial charge in [-0.25, -0.2) is 4.39 Å². The van der Waals surface area contributed by atoms with Crippen LogP contribution >= 0.6 is 0 Å². The number of methoxy groups -OCH3 is 1. The van der Waals surface area contributed by atoms with Gasteiger partial charge in [0.2, 0.25) is 0 Å². The minimum Gasteiger partial charge on any atom is -0.502 e. The molecule has 1 N–H and O–H groups in total. The molecule has 0 saturated carbocycles. The summed E-state index contributed by atoms with van der Waals surface area (Å²) in [7, 11) is 1.37. The van der Waals surface area contributed by atoms with Crippen molar-refractivity contribution in [1.29, 1.82) is 5.26 Å². The Bertz CT molecular complexity index is 410. The number of hydrogen-bond donors (Lipinski definition) is 1. The smallest absolute Gasteiger partial charge is 0.194 e. The molecule has 0 aliphatic heterocycles. The molecule has 1 aromatic carbocycles. The molecule has 15 heavy (non-hydrogen) atoms. The molecule has 0 aliphatic carbocycles. The van der Waals surface area contributed by atoms with Gasteiger partial charge in [-0.15, -0.1) is 0 Å². The number of nitrogens with zero attached hydrogens (tertiary/aromatic N) is 1. The van der Waals surface area contributed by atoms with Crippen molar-refractivity contribution in [3.63, 3.8) is 0 Å². The van der Waals surface area contributed by atoms with Crippen LogP contribution in [0, 0.1) is 24.1 Å². The van der Waals surface area contributed by atoms with Gasteiger partial charge in [0.25, 0.3) is 0 Å². The van der Waals surface area contributed by atoms with E-state index in [1.54, 1.807) is 13.0 Å². The van der Waals surface area contributed by atoms with Crippen molar-refractivity contribution in [2.75, 3.05) is 7.11 Å². The van der Waals surface area contributed by atoms with Crippen molar-refractivity contribution in [1.82, 2.24) is 0 Å². The molecule has 0 fully saturated rings. The number of ether oxygens (including phenoxy) is 1. The molecule has 0 heterocycles. The fourth-order valence-electron chi connectivity index (χ4n) is 1.46. The summed E-state index contributed by atoms with van der Waals surface area (Å²) >= 11 is 0. The van der Waals surface area contributed by atoms with E-state index < -0.39 is 11.6 Å². The van der Waals surface area contributed by atoms with Crippen molar-refractivity contribution in [3.8, 4) is 17.6 Å². The molecule has 80 valence electrons. The first-order chi connectivity index (χ1) is 7.11. The van der Waals surface area contributed by atoms with Gasteiger partial charge < -0.3 is 9.84 Å². The Labute approximate surface area is 87.7 Å². The van der Waals surface area contributed by atoms with E-state index in [1.807, 2.05) is 6.07 Å². The minimum absolute atomic E-state index is 0.146. The molecule has 0 bridgehead atoms. The second-order valence-electron chi connectivity index (χ2n) is 3.21. The molecular formula is C11H12FNO2. The summed E-state index contributed by atoms with van der Waals surface area (Å²) in [6.07, 6.45) is 0.517. The molecule has 0 amide bonds. The van der Waals surface area contributed by atoms with E-state index >= 15 is 0 Å². The van der Waals surface area contributed by atoms with Crippen LogP contribution in [0.4, 0.5) is 4.39 Å². The van der Waals surface area contributed by atoms with Crippen LogP contribution in [0.1, 0.15) is 17.5 Å². The zero-order valence-corrected chi connectivity index (χ0v) is 8.67. The summed E-state index contributed by atoms with van der Waals surface area (Å²) in [5, 5.41) is 17.9. The van der Waals surface area contributed by atoms with Crippen molar-refractivity contribution < 1.29 is 14.2 Å². The fraction of sp³-hybridized carbons (Fsp3) is 0.364. The van der Waals surface area contributed by atoms with Gasteiger partial charge in [-0.2, -0.15) is 5.26 Å². The first kappa shape index (κ1) is 11.3. The van der Waals surface area contributed by atoms with E-state index in [2.05, 4.69) is 0 Å². The Balaban J connectivity index is 3.17. The number of aromatic hydroxyl groups is 1. The maximum Gasteiger partial charge on any atom is 0.194 e. The Morgan fingerprint density at radius 1 is 1.60 bits per heavy atom. The van der Waals surface area contributed by atoms with Crippen LogP contribution in [0.3, 0.4) is 0 Å². The fourth-order valence-corrected chi connectivity index (χ4v) is 1.46. The topological polar surface area (TPSA) is 53.2 Å². The molecule has 0 saturated heterocycles. The lowest BCUT2D eigenvalue weighted by atomic mass is 10.0. The van der Waals surface area contributed by atoms with Gasteiger partial charge in [0.15, 0.2) is 17.3 Å². The summed E-state index contributed by atoms with van der Waals surface area (Å²) in [4.78, 5) is 0. The largest absolute Gasteiger partial charge is 0.502 e. The minimum atomic E-state index is -0.701. The van der Waals surface area contributed by atoms with Gasteiger partial charge in [0.1, 0.15) is 0 Å². The maximum atomic E-state index is 13.5. The summed E-state index contributed by atoms with van der Waals surface area (Å²) < 4.78 is 18.4. The number of phenolic OH excluding ortho intramolecular Hbond substituents is 1. The highest BCUT2D eigenvalue weighted by Gasteiger charge is 2.15. The summed E-state index contributed by atoms with van der Waals surface area (Å²) in [6.45, 7) is 1.72. The number of aryl methyl sites for hydroxylation is 2. The number of halogens is 1. The standard InChI is InChI=1S/C11H12FNO2/c1-7-6-8(4-3-5-13)9(12)10(14)11(7)15-2/h6,14H,3-4H2,1-2H3. The van der Waals surface area contributed by atoms with E-state index in [4.69, 9.17) is 10.00 Å². The van der Waals surface area contributed by atoms with Crippen molar-refractivity contribution >= 4 is 0 Å². The van der Waals surface area contributed by atoms with E-state index in [9.17, 15) is 9.50 Å². The van der Waals surface area contributed by atoms with E-state index in [0.29, 0.717) is 17.5 Å². The molecule has 0 aliphatic rings. The van der Waals surface area contributed by atoms with E-state index in [-0.39, 0.29) is 12.2 Å². The quantitative estimate of drug-likeness (QED) is 0.831. The van der Waals surface area contributed by atoms with E-state index in [1.165, 1.54) is 7.11 Å². The van der Waals surface area contributed by atoms with Crippen molar-refractivity contribution in [2.45, 2.75) is 19.8 Å². The van der Waals surface area contributed by atoms with Gasteiger partial charge >= 0.3 is 0 Å². The van der Waals surface area contributed by atoms with Crippen LogP contribution < -0.4 is 4.74 Å². The highest BCUT2D eigenvalue weighted by atomic mass is 19.1. The molecule has 3 nitrogen and oxygen atoms in total. The number of phenols is 1. The van der Waals surface area contributed by atoms with Crippen LogP contribution in [0.5, 0.6) is 11.5 Å². The number of benzene rings is 1. The molecule has 0 radical (unpaired) electrons. The third-order valence-corrected chi connectivity index (χ3v) is 2.16. The van der Waals surface area contributed by atoms with Crippen LogP contribution in [0.15, 0.2) is 6.07 Å². The average molecular weight is 209 g/mol. The average Bonchev–Trinajstić information content (AvgIpc) is 2.22. The second kappa shape index (κ2) is 4.65. The first-order valence-corrected chi connectivity index (χ1v) is 4.53. The zero-order chi connectivity index (χ0) is 11.4. The van der Waals surface area contributed by atoms with Gasteiger partial charge in [-0.3, -0.25) is 0 Å². The third kappa shape index (κ3) is 2.18. The Kier molecular flexibility index (Phi) is 3.51. The van der Waals surface area contributed by atoms with Gasteiger partial charge in [-0.05, 0) is 30.5 Å². The Hall–Kier alpha value is -1.76. The van der Waals surface area contributed by atoms with Crippen LogP contribution in [0.2, 0.25) is 0 Å². The van der Waals surface area contributed by atoms with Crippen LogP contribution in [-0.2, 0) is 6.42 Å². The highest BCUT2D eigenvalue weighted by Crippen LogP contribution is 2.34.